The number of carbonyl (C=O) groups excluding carboxylic acids is 1. The summed E-state index contributed by atoms with van der Waals surface area (Å²) >= 11 is 0. The summed E-state index contributed by atoms with van der Waals surface area (Å²) in [5, 5.41) is 7.12. The Labute approximate surface area is 177 Å². The van der Waals surface area contributed by atoms with Gasteiger partial charge in [-0.05, 0) is 31.0 Å². The third-order valence-electron chi connectivity index (χ3n) is 4.72. The molecule has 0 saturated carbocycles. The molecular formula is C20H24F3N5O3. The molecule has 31 heavy (non-hydrogen) atoms. The highest BCUT2D eigenvalue weighted by molar-refractivity contribution is 5.77. The van der Waals surface area contributed by atoms with Gasteiger partial charge in [0, 0.05) is 50.6 Å². The lowest BCUT2D eigenvalue weighted by atomic mass is 9.96. The number of nitrogens with zero attached hydrogens (tertiary/aromatic N) is 4. The number of carboxylic acids is 1. The maximum atomic E-state index is 11.3. The Kier molecular flexibility index (Phi) is 7.78. The third kappa shape index (κ3) is 6.83. The van der Waals surface area contributed by atoms with Gasteiger partial charge < -0.3 is 20.6 Å². The molecule has 11 heteroatoms. The second kappa shape index (κ2) is 10.1. The molecule has 0 radical (unpaired) electrons. The Morgan fingerprint density at radius 3 is 2.32 bits per heavy atom. The molecule has 168 valence electrons. The van der Waals surface area contributed by atoms with Crippen molar-refractivity contribution in [2.24, 2.45) is 11.7 Å². The topological polar surface area (TPSA) is 113 Å². The first kappa shape index (κ1) is 23.9. The van der Waals surface area contributed by atoms with Crippen LogP contribution in [0.25, 0.3) is 11.3 Å². The van der Waals surface area contributed by atoms with Gasteiger partial charge in [-0.15, -0.1) is 0 Å². The summed E-state index contributed by atoms with van der Waals surface area (Å²) in [6, 6.07) is 10.2. The van der Waals surface area contributed by atoms with E-state index in [9.17, 15) is 18.0 Å². The highest BCUT2D eigenvalue weighted by atomic mass is 19.4. The highest BCUT2D eigenvalue weighted by Gasteiger charge is 2.38. The number of halogens is 3. The Hall–Kier alpha value is -3.37. The van der Waals surface area contributed by atoms with E-state index in [4.69, 9.17) is 20.6 Å². The minimum atomic E-state index is -5.08. The number of amides is 1. The molecular weight excluding hydrogens is 415 g/mol. The lowest BCUT2D eigenvalue weighted by molar-refractivity contribution is -0.192. The number of nitrogens with two attached hydrogens (primary N) is 1. The maximum absolute atomic E-state index is 11.3. The summed E-state index contributed by atoms with van der Waals surface area (Å²) in [7, 11) is 4.04. The fourth-order valence-electron chi connectivity index (χ4n) is 2.97. The minimum Gasteiger partial charge on any atom is -0.475 e. The summed E-state index contributed by atoms with van der Waals surface area (Å²) in [6.45, 7) is 1.52. The van der Waals surface area contributed by atoms with Gasteiger partial charge in [0.15, 0.2) is 0 Å². The first-order valence-corrected chi connectivity index (χ1v) is 9.44. The number of aliphatic carboxylic acids is 1. The first-order valence-electron chi connectivity index (χ1n) is 9.44. The van der Waals surface area contributed by atoms with Crippen LogP contribution >= 0.6 is 0 Å². The van der Waals surface area contributed by atoms with Gasteiger partial charge in [-0.1, -0.05) is 12.1 Å². The molecule has 3 rings (SSSR count). The summed E-state index contributed by atoms with van der Waals surface area (Å²) in [5.41, 5.74) is 8.50. The average molecular weight is 439 g/mol. The maximum Gasteiger partial charge on any atom is 0.490 e. The second-order valence-corrected chi connectivity index (χ2v) is 7.15. The van der Waals surface area contributed by atoms with E-state index in [-0.39, 0.29) is 11.8 Å². The molecule has 8 nitrogen and oxygen atoms in total. The zero-order valence-electron chi connectivity index (χ0n) is 17.1. The number of benzene rings is 1. The number of carboxylic acid groups (broad SMARTS) is 1. The second-order valence-electron chi connectivity index (χ2n) is 7.15. The first-order chi connectivity index (χ1) is 14.5. The van der Waals surface area contributed by atoms with Gasteiger partial charge >= 0.3 is 12.1 Å². The zero-order chi connectivity index (χ0) is 23.2. The average Bonchev–Trinajstić information content (AvgIpc) is 2.74. The van der Waals surface area contributed by atoms with Crippen molar-refractivity contribution in [3.63, 3.8) is 0 Å². The van der Waals surface area contributed by atoms with Crippen LogP contribution in [0.5, 0.6) is 0 Å². The van der Waals surface area contributed by atoms with E-state index in [1.807, 2.05) is 26.2 Å². The highest BCUT2D eigenvalue weighted by Crippen LogP contribution is 2.25. The van der Waals surface area contributed by atoms with Crippen molar-refractivity contribution in [1.82, 2.24) is 9.97 Å². The van der Waals surface area contributed by atoms with Crippen molar-refractivity contribution in [3.05, 3.63) is 36.5 Å². The van der Waals surface area contributed by atoms with Crippen LogP contribution < -0.4 is 15.5 Å². The largest absolute Gasteiger partial charge is 0.490 e. The summed E-state index contributed by atoms with van der Waals surface area (Å²) in [4.78, 5) is 33.5. The normalized spacial score (nSPS) is 14.4. The van der Waals surface area contributed by atoms with E-state index >= 15 is 0 Å². The Bertz CT molecular complexity index is 913. The van der Waals surface area contributed by atoms with Gasteiger partial charge in [-0.3, -0.25) is 4.79 Å². The van der Waals surface area contributed by atoms with Crippen molar-refractivity contribution in [2.45, 2.75) is 19.0 Å². The molecule has 1 aromatic carbocycles. The van der Waals surface area contributed by atoms with E-state index in [1.165, 1.54) is 0 Å². The molecule has 2 aromatic rings. The third-order valence-corrected chi connectivity index (χ3v) is 4.72. The molecule has 1 aliphatic rings. The van der Waals surface area contributed by atoms with Crippen molar-refractivity contribution in [2.75, 3.05) is 37.0 Å². The van der Waals surface area contributed by atoms with E-state index in [2.05, 4.69) is 33.0 Å². The standard InChI is InChI=1S/C18H23N5O.C2HF3O2/c1-22(2)15-5-3-4-14(12-15)16-6-9-20-18(21-16)23-10-7-13(8-11-23)17(19)24;3-2(4,5)1(6)7/h3-6,9,12-13H,7-8,10-11H2,1-2H3,(H2,19,24);(H,6,7). The van der Waals surface area contributed by atoms with Crippen molar-refractivity contribution < 1.29 is 27.9 Å². The number of primary amides is 1. The Morgan fingerprint density at radius 2 is 1.81 bits per heavy atom. The van der Waals surface area contributed by atoms with Crippen LogP contribution in [0, 0.1) is 5.92 Å². The molecule has 3 N–H and O–H groups in total. The van der Waals surface area contributed by atoms with Crippen LogP contribution in [0.2, 0.25) is 0 Å². The fourth-order valence-corrected chi connectivity index (χ4v) is 2.97. The number of hydrogen-bond donors (Lipinski definition) is 2. The lowest BCUT2D eigenvalue weighted by Gasteiger charge is -2.30. The SMILES string of the molecule is CN(C)c1cccc(-c2ccnc(N3CCC(C(N)=O)CC3)n2)c1.O=C(O)C(F)(F)F. The number of hydrogen-bond acceptors (Lipinski definition) is 6. The van der Waals surface area contributed by atoms with Crippen LogP contribution in [-0.4, -0.2) is 60.3 Å². The number of alkyl halides is 3. The molecule has 1 amide bonds. The monoisotopic (exact) mass is 439 g/mol. The fraction of sp³-hybridized carbons (Fsp3) is 0.400. The van der Waals surface area contributed by atoms with Gasteiger partial charge in [-0.2, -0.15) is 13.2 Å². The van der Waals surface area contributed by atoms with Crippen molar-refractivity contribution in [3.8, 4) is 11.3 Å². The number of piperidine rings is 1. The minimum absolute atomic E-state index is 0.0267. The van der Waals surface area contributed by atoms with Gasteiger partial charge in [0.25, 0.3) is 0 Å². The predicted octanol–water partition coefficient (Wildman–Crippen LogP) is 2.54. The van der Waals surface area contributed by atoms with Crippen LogP contribution in [0.4, 0.5) is 24.8 Å². The van der Waals surface area contributed by atoms with Gasteiger partial charge in [-0.25, -0.2) is 14.8 Å². The Balaban J connectivity index is 0.000000423. The molecule has 2 heterocycles. The molecule has 0 aliphatic carbocycles. The molecule has 0 atom stereocenters. The summed E-state index contributed by atoms with van der Waals surface area (Å²) < 4.78 is 31.7. The van der Waals surface area contributed by atoms with Crippen LogP contribution in [0.3, 0.4) is 0 Å². The molecule has 0 unspecified atom stereocenters. The van der Waals surface area contributed by atoms with Crippen molar-refractivity contribution in [1.29, 1.82) is 0 Å². The molecule has 0 bridgehead atoms. The quantitative estimate of drug-likeness (QED) is 0.753. The van der Waals surface area contributed by atoms with E-state index < -0.39 is 12.1 Å². The zero-order valence-corrected chi connectivity index (χ0v) is 17.1. The Morgan fingerprint density at radius 1 is 1.19 bits per heavy atom. The molecule has 1 aromatic heterocycles. The molecule has 1 saturated heterocycles. The molecule has 0 spiro atoms. The summed E-state index contributed by atoms with van der Waals surface area (Å²) in [5.74, 6) is -2.27. The van der Waals surface area contributed by atoms with Crippen LogP contribution in [0.1, 0.15) is 12.8 Å². The number of carbonyl (C=O) groups is 2. The number of anilines is 2. The van der Waals surface area contributed by atoms with E-state index in [1.54, 1.807) is 6.20 Å². The number of aromatic nitrogens is 2. The van der Waals surface area contributed by atoms with Gasteiger partial charge in [0.2, 0.25) is 11.9 Å². The predicted molar refractivity (Wildman–Crippen MR) is 110 cm³/mol. The van der Waals surface area contributed by atoms with Crippen LogP contribution in [0.15, 0.2) is 36.5 Å². The smallest absolute Gasteiger partial charge is 0.475 e. The van der Waals surface area contributed by atoms with E-state index in [0.717, 1.165) is 42.9 Å². The molecule has 1 aliphatic heterocycles. The van der Waals surface area contributed by atoms with Crippen LogP contribution in [-0.2, 0) is 9.59 Å². The lowest BCUT2D eigenvalue weighted by Crippen LogP contribution is -2.39. The van der Waals surface area contributed by atoms with Gasteiger partial charge in [0.1, 0.15) is 0 Å². The molecule has 1 fully saturated rings. The van der Waals surface area contributed by atoms with Crippen molar-refractivity contribution >= 4 is 23.5 Å². The van der Waals surface area contributed by atoms with Gasteiger partial charge in [0.05, 0.1) is 5.69 Å². The van der Waals surface area contributed by atoms with E-state index in [0.29, 0.717) is 5.95 Å². The number of rotatable bonds is 4. The summed E-state index contributed by atoms with van der Waals surface area (Å²) in [6.07, 6.45) is -1.77.